The Morgan fingerprint density at radius 3 is 2.38 bits per heavy atom. The van der Waals surface area contributed by atoms with Crippen LogP contribution in [0.4, 0.5) is 5.69 Å². The Labute approximate surface area is 123 Å². The van der Waals surface area contributed by atoms with Crippen LogP contribution < -0.4 is 10.1 Å². The maximum atomic E-state index is 12.4. The lowest BCUT2D eigenvalue weighted by molar-refractivity contribution is 0.102. The molecule has 0 spiro atoms. The molecule has 0 fully saturated rings. The average molecular weight is 277 g/mol. The van der Waals surface area contributed by atoms with Crippen LogP contribution >= 0.6 is 0 Å². The number of carbonyl (C=O) groups is 1. The van der Waals surface area contributed by atoms with Crippen molar-refractivity contribution in [2.24, 2.45) is 0 Å². The van der Waals surface area contributed by atoms with Gasteiger partial charge < -0.3 is 10.1 Å². The van der Waals surface area contributed by atoms with Crippen molar-refractivity contribution in [2.75, 3.05) is 12.4 Å². The quantitative estimate of drug-likeness (QED) is 0.782. The molecule has 0 aromatic heterocycles. The van der Waals surface area contributed by atoms with E-state index in [2.05, 4.69) is 5.32 Å². The molecule has 0 aliphatic carbocycles. The van der Waals surface area contributed by atoms with Crippen molar-refractivity contribution >= 4 is 22.4 Å². The monoisotopic (exact) mass is 277 g/mol. The number of carbonyl (C=O) groups excluding carboxylic acids is 1. The van der Waals surface area contributed by atoms with Crippen LogP contribution in [0.25, 0.3) is 10.8 Å². The van der Waals surface area contributed by atoms with Crippen molar-refractivity contribution in [3.63, 3.8) is 0 Å². The van der Waals surface area contributed by atoms with E-state index in [1.165, 1.54) is 0 Å². The fraction of sp³-hybridized carbons (Fsp3) is 0.0556. The van der Waals surface area contributed by atoms with E-state index in [-0.39, 0.29) is 5.91 Å². The lowest BCUT2D eigenvalue weighted by atomic mass is 10.0. The van der Waals surface area contributed by atoms with Gasteiger partial charge in [-0.2, -0.15) is 0 Å². The molecule has 0 saturated heterocycles. The van der Waals surface area contributed by atoms with Crippen molar-refractivity contribution in [3.05, 3.63) is 72.3 Å². The van der Waals surface area contributed by atoms with Crippen molar-refractivity contribution in [3.8, 4) is 5.75 Å². The highest BCUT2D eigenvalue weighted by atomic mass is 16.5. The normalized spacial score (nSPS) is 10.3. The summed E-state index contributed by atoms with van der Waals surface area (Å²) in [6.45, 7) is 0. The topological polar surface area (TPSA) is 38.3 Å². The molecule has 1 N–H and O–H groups in total. The first kappa shape index (κ1) is 13.2. The predicted octanol–water partition coefficient (Wildman–Crippen LogP) is 4.10. The minimum Gasteiger partial charge on any atom is -0.495 e. The molecule has 3 aromatic carbocycles. The summed E-state index contributed by atoms with van der Waals surface area (Å²) >= 11 is 0. The Morgan fingerprint density at radius 2 is 1.62 bits per heavy atom. The second-order valence-corrected chi connectivity index (χ2v) is 4.69. The summed E-state index contributed by atoms with van der Waals surface area (Å²) in [5.41, 5.74) is 1.29. The molecule has 3 nitrogen and oxygen atoms in total. The number of anilines is 1. The van der Waals surface area contributed by atoms with Crippen LogP contribution in [0, 0.1) is 0 Å². The zero-order valence-corrected chi connectivity index (χ0v) is 11.7. The lowest BCUT2D eigenvalue weighted by Gasteiger charge is -2.12. The minimum atomic E-state index is -0.177. The van der Waals surface area contributed by atoms with Gasteiger partial charge in [-0.1, -0.05) is 48.5 Å². The van der Waals surface area contributed by atoms with Gasteiger partial charge in [0.2, 0.25) is 0 Å². The summed E-state index contributed by atoms with van der Waals surface area (Å²) in [6.07, 6.45) is 0. The fourth-order valence-electron chi connectivity index (χ4n) is 2.36. The zero-order valence-electron chi connectivity index (χ0n) is 11.7. The molecular weight excluding hydrogens is 262 g/mol. The molecule has 104 valence electrons. The van der Waals surface area contributed by atoms with Crippen LogP contribution in [0.2, 0.25) is 0 Å². The van der Waals surface area contributed by atoms with Crippen LogP contribution in [-0.4, -0.2) is 13.0 Å². The lowest BCUT2D eigenvalue weighted by Crippen LogP contribution is -2.13. The first-order valence-corrected chi connectivity index (χ1v) is 6.72. The number of methoxy groups -OCH3 is 1. The Kier molecular flexibility index (Phi) is 3.56. The molecule has 3 heteroatoms. The molecule has 3 rings (SSSR count). The van der Waals surface area contributed by atoms with Gasteiger partial charge in [0.05, 0.1) is 12.7 Å². The van der Waals surface area contributed by atoms with Crippen LogP contribution in [0.15, 0.2) is 66.7 Å². The number of hydrogen-bond donors (Lipinski definition) is 1. The number of hydrogen-bond acceptors (Lipinski definition) is 2. The van der Waals surface area contributed by atoms with Crippen molar-refractivity contribution in [1.82, 2.24) is 0 Å². The van der Waals surface area contributed by atoms with E-state index in [4.69, 9.17) is 4.74 Å². The van der Waals surface area contributed by atoms with E-state index in [1.54, 1.807) is 13.2 Å². The third kappa shape index (κ3) is 2.58. The molecule has 0 aliphatic rings. The van der Waals surface area contributed by atoms with E-state index < -0.39 is 0 Å². The fourth-order valence-corrected chi connectivity index (χ4v) is 2.36. The van der Waals surface area contributed by atoms with E-state index in [1.807, 2.05) is 60.7 Å². The third-order valence-electron chi connectivity index (χ3n) is 3.36. The number of benzene rings is 3. The van der Waals surface area contributed by atoms with Gasteiger partial charge in [-0.25, -0.2) is 0 Å². The Morgan fingerprint density at radius 1 is 0.905 bits per heavy atom. The largest absolute Gasteiger partial charge is 0.495 e. The standard InChI is InChI=1S/C18H15NO2/c1-21-17-15-10-6-5-7-13(15)11-12-16(17)18(20)19-14-8-3-2-4-9-14/h2-12H,1H3,(H,19,20). The highest BCUT2D eigenvalue weighted by molar-refractivity contribution is 6.10. The number of ether oxygens (including phenoxy) is 1. The summed E-state index contributed by atoms with van der Waals surface area (Å²) in [6, 6.07) is 20.9. The number of fused-ring (bicyclic) bond motifs is 1. The number of amides is 1. The smallest absolute Gasteiger partial charge is 0.259 e. The third-order valence-corrected chi connectivity index (χ3v) is 3.36. The van der Waals surface area contributed by atoms with Crippen molar-refractivity contribution < 1.29 is 9.53 Å². The molecule has 1 amide bonds. The van der Waals surface area contributed by atoms with Gasteiger partial charge in [-0.05, 0) is 23.6 Å². The van der Waals surface area contributed by atoms with E-state index in [0.29, 0.717) is 11.3 Å². The second-order valence-electron chi connectivity index (χ2n) is 4.69. The second kappa shape index (κ2) is 5.67. The zero-order chi connectivity index (χ0) is 14.7. The number of para-hydroxylation sites is 1. The Balaban J connectivity index is 2.02. The molecule has 0 unspecified atom stereocenters. The van der Waals surface area contributed by atoms with Crippen molar-refractivity contribution in [2.45, 2.75) is 0 Å². The number of nitrogens with one attached hydrogen (secondary N) is 1. The van der Waals surface area contributed by atoms with Crippen LogP contribution in [0.1, 0.15) is 10.4 Å². The van der Waals surface area contributed by atoms with Gasteiger partial charge in [-0.15, -0.1) is 0 Å². The minimum absolute atomic E-state index is 0.177. The van der Waals surface area contributed by atoms with Crippen LogP contribution in [0.5, 0.6) is 5.75 Å². The van der Waals surface area contributed by atoms with Gasteiger partial charge in [0.15, 0.2) is 0 Å². The first-order valence-electron chi connectivity index (χ1n) is 6.72. The highest BCUT2D eigenvalue weighted by Crippen LogP contribution is 2.30. The molecule has 0 saturated carbocycles. The molecule has 0 atom stereocenters. The van der Waals surface area contributed by atoms with Crippen LogP contribution in [0.3, 0.4) is 0 Å². The van der Waals surface area contributed by atoms with Gasteiger partial charge in [0.1, 0.15) is 5.75 Å². The molecule has 0 aliphatic heterocycles. The van der Waals surface area contributed by atoms with E-state index in [9.17, 15) is 4.79 Å². The highest BCUT2D eigenvalue weighted by Gasteiger charge is 2.15. The Bertz CT molecular complexity index is 782. The molecule has 21 heavy (non-hydrogen) atoms. The Hall–Kier alpha value is -2.81. The molecular formula is C18H15NO2. The van der Waals surface area contributed by atoms with Gasteiger partial charge in [0.25, 0.3) is 5.91 Å². The number of rotatable bonds is 3. The summed E-state index contributed by atoms with van der Waals surface area (Å²) in [4.78, 5) is 12.4. The molecule has 0 heterocycles. The summed E-state index contributed by atoms with van der Waals surface area (Å²) in [7, 11) is 1.58. The van der Waals surface area contributed by atoms with Crippen LogP contribution in [-0.2, 0) is 0 Å². The summed E-state index contributed by atoms with van der Waals surface area (Å²) < 4.78 is 5.46. The predicted molar refractivity (Wildman–Crippen MR) is 84.9 cm³/mol. The molecule has 3 aromatic rings. The summed E-state index contributed by atoms with van der Waals surface area (Å²) in [5, 5.41) is 4.86. The van der Waals surface area contributed by atoms with E-state index in [0.717, 1.165) is 16.5 Å². The van der Waals surface area contributed by atoms with Gasteiger partial charge in [-0.3, -0.25) is 4.79 Å². The maximum Gasteiger partial charge on any atom is 0.259 e. The molecule has 0 bridgehead atoms. The summed E-state index contributed by atoms with van der Waals surface area (Å²) in [5.74, 6) is 0.422. The van der Waals surface area contributed by atoms with E-state index >= 15 is 0 Å². The van der Waals surface area contributed by atoms with Gasteiger partial charge in [0, 0.05) is 11.1 Å². The van der Waals surface area contributed by atoms with Crippen molar-refractivity contribution in [1.29, 1.82) is 0 Å². The first-order chi connectivity index (χ1) is 10.3. The van der Waals surface area contributed by atoms with Gasteiger partial charge >= 0.3 is 0 Å². The SMILES string of the molecule is COc1c(C(=O)Nc2ccccc2)ccc2ccccc12. The average Bonchev–Trinajstić information content (AvgIpc) is 2.54. The maximum absolute atomic E-state index is 12.4. The molecule has 0 radical (unpaired) electrons.